The molecule has 0 aromatic carbocycles. The Hall–Kier alpha value is -1.72. The number of aryl methyl sites for hydroxylation is 1. The largest absolute Gasteiger partial charge is 0.383 e. The van der Waals surface area contributed by atoms with Crippen LogP contribution < -0.4 is 5.32 Å². The van der Waals surface area contributed by atoms with E-state index in [-0.39, 0.29) is 0 Å². The van der Waals surface area contributed by atoms with Crippen molar-refractivity contribution in [2.75, 3.05) is 20.3 Å². The van der Waals surface area contributed by atoms with Gasteiger partial charge in [0.25, 0.3) is 0 Å². The lowest BCUT2D eigenvalue weighted by Crippen LogP contribution is -2.20. The highest BCUT2D eigenvalue weighted by molar-refractivity contribution is 5.22. The van der Waals surface area contributed by atoms with Crippen LogP contribution in [0, 0.1) is 6.92 Å². The van der Waals surface area contributed by atoms with Gasteiger partial charge in [0.2, 0.25) is 0 Å². The zero-order valence-corrected chi connectivity index (χ0v) is 11.5. The van der Waals surface area contributed by atoms with E-state index in [1.165, 1.54) is 16.8 Å². The summed E-state index contributed by atoms with van der Waals surface area (Å²) in [6.07, 6.45) is 7.49. The maximum absolute atomic E-state index is 5.01. The Labute approximate surface area is 113 Å². The summed E-state index contributed by atoms with van der Waals surface area (Å²) in [4.78, 5) is 8.34. The third kappa shape index (κ3) is 3.87. The molecule has 0 radical (unpaired) electrons. The predicted octanol–water partition coefficient (Wildman–Crippen LogP) is 1.37. The molecule has 0 aliphatic carbocycles. The third-order valence-electron chi connectivity index (χ3n) is 3.06. The molecule has 2 heterocycles. The highest BCUT2D eigenvalue weighted by Gasteiger charge is 2.04. The van der Waals surface area contributed by atoms with Crippen molar-refractivity contribution in [3.8, 4) is 0 Å². The molecule has 0 amide bonds. The first-order valence-corrected chi connectivity index (χ1v) is 6.39. The van der Waals surface area contributed by atoms with Crippen LogP contribution >= 0.6 is 0 Å². The van der Waals surface area contributed by atoms with Crippen molar-refractivity contribution in [1.29, 1.82) is 0 Å². The van der Waals surface area contributed by atoms with E-state index in [0.29, 0.717) is 0 Å². The number of pyridine rings is 1. The second-order valence-electron chi connectivity index (χ2n) is 4.48. The van der Waals surface area contributed by atoms with E-state index in [1.54, 1.807) is 7.11 Å². The van der Waals surface area contributed by atoms with Gasteiger partial charge in [-0.2, -0.15) is 0 Å². The van der Waals surface area contributed by atoms with Gasteiger partial charge in [0.15, 0.2) is 0 Å². The van der Waals surface area contributed by atoms with Gasteiger partial charge in [-0.3, -0.25) is 4.98 Å². The standard InChI is InChI=1S/C14H20N4O/c1-12-7-15-4-3-13(12)10-18-11-17-9-14(18)8-16-5-6-19-2/h3-4,7,9,11,16H,5-6,8,10H2,1-2H3. The molecule has 0 fully saturated rings. The van der Waals surface area contributed by atoms with Gasteiger partial charge in [0, 0.05) is 45.3 Å². The molecule has 0 spiro atoms. The molecule has 0 bridgehead atoms. The maximum atomic E-state index is 5.01. The molecular weight excluding hydrogens is 240 g/mol. The average Bonchev–Trinajstić information content (AvgIpc) is 2.85. The molecule has 5 nitrogen and oxygen atoms in total. The van der Waals surface area contributed by atoms with E-state index in [4.69, 9.17) is 4.74 Å². The van der Waals surface area contributed by atoms with E-state index in [2.05, 4.69) is 32.8 Å². The minimum Gasteiger partial charge on any atom is -0.383 e. The second-order valence-corrected chi connectivity index (χ2v) is 4.48. The van der Waals surface area contributed by atoms with Crippen LogP contribution in [-0.2, 0) is 17.8 Å². The number of nitrogens with one attached hydrogen (secondary N) is 1. The predicted molar refractivity (Wildman–Crippen MR) is 73.9 cm³/mol. The minimum absolute atomic E-state index is 0.720. The monoisotopic (exact) mass is 260 g/mol. The van der Waals surface area contributed by atoms with Gasteiger partial charge < -0.3 is 14.6 Å². The van der Waals surface area contributed by atoms with Crippen LogP contribution in [0.3, 0.4) is 0 Å². The third-order valence-corrected chi connectivity index (χ3v) is 3.06. The first-order valence-electron chi connectivity index (χ1n) is 6.39. The molecule has 0 saturated carbocycles. The van der Waals surface area contributed by atoms with Crippen molar-refractivity contribution in [3.05, 3.63) is 47.8 Å². The number of methoxy groups -OCH3 is 1. The van der Waals surface area contributed by atoms with Crippen LogP contribution in [0.2, 0.25) is 0 Å². The van der Waals surface area contributed by atoms with Gasteiger partial charge in [0.05, 0.1) is 18.6 Å². The zero-order valence-electron chi connectivity index (χ0n) is 11.5. The van der Waals surface area contributed by atoms with Gasteiger partial charge in [0.1, 0.15) is 0 Å². The Morgan fingerprint density at radius 3 is 3.00 bits per heavy atom. The molecule has 0 aliphatic rings. The smallest absolute Gasteiger partial charge is 0.0951 e. The number of rotatable bonds is 7. The maximum Gasteiger partial charge on any atom is 0.0951 e. The highest BCUT2D eigenvalue weighted by atomic mass is 16.5. The Morgan fingerprint density at radius 1 is 1.32 bits per heavy atom. The van der Waals surface area contributed by atoms with Crippen LogP contribution in [0.25, 0.3) is 0 Å². The van der Waals surface area contributed by atoms with Crippen molar-refractivity contribution in [3.63, 3.8) is 0 Å². The van der Waals surface area contributed by atoms with Crippen molar-refractivity contribution in [2.45, 2.75) is 20.0 Å². The van der Waals surface area contributed by atoms with Gasteiger partial charge in [-0.1, -0.05) is 0 Å². The summed E-state index contributed by atoms with van der Waals surface area (Å²) in [5.41, 5.74) is 3.65. The van der Waals surface area contributed by atoms with Crippen LogP contribution in [0.15, 0.2) is 31.0 Å². The Bertz CT molecular complexity index is 510. The van der Waals surface area contributed by atoms with Crippen LogP contribution in [0.1, 0.15) is 16.8 Å². The fraction of sp³-hybridized carbons (Fsp3) is 0.429. The lowest BCUT2D eigenvalue weighted by molar-refractivity contribution is 0.199. The van der Waals surface area contributed by atoms with Gasteiger partial charge in [-0.25, -0.2) is 4.98 Å². The lowest BCUT2D eigenvalue weighted by atomic mass is 10.1. The molecule has 0 saturated heterocycles. The topological polar surface area (TPSA) is 52.0 Å². The Kier molecular flexibility index (Phi) is 5.06. The molecule has 2 aromatic rings. The number of ether oxygens (including phenoxy) is 1. The summed E-state index contributed by atoms with van der Waals surface area (Å²) in [5.74, 6) is 0. The van der Waals surface area contributed by atoms with Gasteiger partial charge >= 0.3 is 0 Å². The number of nitrogens with zero attached hydrogens (tertiary/aromatic N) is 3. The summed E-state index contributed by atoms with van der Waals surface area (Å²) in [6, 6.07) is 2.05. The first-order chi connectivity index (χ1) is 9.31. The summed E-state index contributed by atoms with van der Waals surface area (Å²) in [7, 11) is 1.71. The Balaban J connectivity index is 1.98. The average molecular weight is 260 g/mol. The molecule has 2 rings (SSSR count). The van der Waals surface area contributed by atoms with Crippen molar-refractivity contribution in [2.24, 2.45) is 0 Å². The van der Waals surface area contributed by atoms with E-state index >= 15 is 0 Å². The lowest BCUT2D eigenvalue weighted by Gasteiger charge is -2.10. The van der Waals surface area contributed by atoms with E-state index in [0.717, 1.165) is 26.2 Å². The summed E-state index contributed by atoms with van der Waals surface area (Å²) in [5, 5.41) is 3.33. The first kappa shape index (κ1) is 13.7. The molecule has 0 aliphatic heterocycles. The number of aromatic nitrogens is 3. The van der Waals surface area contributed by atoms with Gasteiger partial charge in [-0.15, -0.1) is 0 Å². The molecule has 19 heavy (non-hydrogen) atoms. The highest BCUT2D eigenvalue weighted by Crippen LogP contribution is 2.09. The number of imidazole rings is 1. The molecule has 5 heteroatoms. The minimum atomic E-state index is 0.720. The van der Waals surface area contributed by atoms with Crippen molar-refractivity contribution in [1.82, 2.24) is 19.9 Å². The van der Waals surface area contributed by atoms with E-state index in [1.807, 2.05) is 24.9 Å². The molecule has 1 N–H and O–H groups in total. The molecule has 0 atom stereocenters. The molecule has 2 aromatic heterocycles. The van der Waals surface area contributed by atoms with Crippen molar-refractivity contribution >= 4 is 0 Å². The second kappa shape index (κ2) is 7.01. The van der Waals surface area contributed by atoms with Crippen LogP contribution in [-0.4, -0.2) is 34.8 Å². The number of hydrogen-bond acceptors (Lipinski definition) is 4. The van der Waals surface area contributed by atoms with Crippen LogP contribution in [0.5, 0.6) is 0 Å². The zero-order chi connectivity index (χ0) is 13.5. The fourth-order valence-corrected chi connectivity index (χ4v) is 1.89. The Morgan fingerprint density at radius 2 is 2.21 bits per heavy atom. The van der Waals surface area contributed by atoms with Crippen molar-refractivity contribution < 1.29 is 4.74 Å². The molecular formula is C14H20N4O. The SMILES string of the molecule is COCCNCc1cncn1Cc1ccncc1C. The van der Waals surface area contributed by atoms with Gasteiger partial charge in [-0.05, 0) is 24.1 Å². The van der Waals surface area contributed by atoms with E-state index < -0.39 is 0 Å². The number of hydrogen-bond donors (Lipinski definition) is 1. The van der Waals surface area contributed by atoms with E-state index in [9.17, 15) is 0 Å². The molecule has 102 valence electrons. The summed E-state index contributed by atoms with van der Waals surface area (Å²) >= 11 is 0. The molecule has 0 unspecified atom stereocenters. The summed E-state index contributed by atoms with van der Waals surface area (Å²) in [6.45, 7) is 5.27. The quantitative estimate of drug-likeness (QED) is 0.764. The van der Waals surface area contributed by atoms with Crippen LogP contribution in [0.4, 0.5) is 0 Å². The fourth-order valence-electron chi connectivity index (χ4n) is 1.89. The summed E-state index contributed by atoms with van der Waals surface area (Å²) < 4.78 is 7.17. The normalized spacial score (nSPS) is 10.8.